The number of anilines is 1. The van der Waals surface area contributed by atoms with Gasteiger partial charge in [0.2, 0.25) is 11.7 Å². The van der Waals surface area contributed by atoms with E-state index in [0.29, 0.717) is 5.56 Å². The number of aliphatic hydroxyl groups excluding tert-OH is 2. The fourth-order valence-corrected chi connectivity index (χ4v) is 5.89. The quantitative estimate of drug-likeness (QED) is 0.182. The van der Waals surface area contributed by atoms with Gasteiger partial charge in [0, 0.05) is 11.5 Å². The van der Waals surface area contributed by atoms with Crippen molar-refractivity contribution in [2.24, 2.45) is 17.6 Å². The summed E-state index contributed by atoms with van der Waals surface area (Å²) in [6.45, 7) is 0. The minimum atomic E-state index is -2.73. The number of aromatic hydroxyl groups is 1. The number of likely N-dealkylation sites (N-methyl/N-ethyl adjacent to an activating group) is 1. The van der Waals surface area contributed by atoms with Gasteiger partial charge in [-0.2, -0.15) is 0 Å². The van der Waals surface area contributed by atoms with E-state index in [1.165, 1.54) is 25.1 Å². The highest BCUT2D eigenvalue weighted by Gasteiger charge is 2.64. The number of rotatable bonds is 4. The maximum atomic E-state index is 13.7. The molecule has 0 aliphatic heterocycles. The summed E-state index contributed by atoms with van der Waals surface area (Å²) in [5.41, 5.74) is 1.28. The van der Waals surface area contributed by atoms with Crippen LogP contribution < -0.4 is 11.1 Å². The van der Waals surface area contributed by atoms with Crippen LogP contribution in [0.1, 0.15) is 17.5 Å². The number of phenolic OH excluding ortho intramolecular Hbond substituents is 1. The van der Waals surface area contributed by atoms with Gasteiger partial charge in [-0.1, -0.05) is 11.6 Å². The number of carbonyl (C=O) groups excluding carboxylic acids is 4. The van der Waals surface area contributed by atoms with E-state index in [1.807, 2.05) is 0 Å². The number of nitrogens with one attached hydrogen (secondary N) is 1. The minimum Gasteiger partial charge on any atom is -0.508 e. The lowest BCUT2D eigenvalue weighted by Crippen LogP contribution is -2.65. The number of ketones is 2. The monoisotopic (exact) mass is 539 g/mol. The van der Waals surface area contributed by atoms with Gasteiger partial charge in [-0.05, 0) is 44.5 Å². The molecule has 1 aromatic rings. The largest absolute Gasteiger partial charge is 0.508 e. The molecule has 4 rings (SSSR count). The van der Waals surface area contributed by atoms with E-state index >= 15 is 0 Å². The third-order valence-electron chi connectivity index (χ3n) is 7.05. The fourth-order valence-electron chi connectivity index (χ4n) is 5.56. The zero-order chi connectivity index (χ0) is 26.9. The van der Waals surface area contributed by atoms with E-state index in [4.69, 9.17) is 28.9 Å². The highest BCUT2D eigenvalue weighted by atomic mass is 35.5. The molecule has 7 N–H and O–H groups in total. The second-order valence-electron chi connectivity index (χ2n) is 9.26. The number of nitrogens with zero attached hydrogens (tertiary/aromatic N) is 1. The Hall–Kier alpha value is -3.12. The standard InChI is InChI=1S/C23H23Cl2N3O8/c1-28(2)16-9-4-7-3-8-5-10(25)15(27-11(29)6-24)18(31)12(8)17(30)13(7)20(33)23(9,36)21(34)14(19(16)32)22(26)35/h5,7,9,16,30-31,34,36H,3-4,6H2,1-2H3,(H2,26,35)(H,27,29)/t7?,9?,16-,23?/m0/s1. The number of carbonyl (C=O) groups is 4. The third-order valence-corrected chi connectivity index (χ3v) is 7.59. The molecule has 0 radical (unpaired) electrons. The van der Waals surface area contributed by atoms with Crippen LogP contribution in [0.3, 0.4) is 0 Å². The second kappa shape index (κ2) is 8.77. The van der Waals surface area contributed by atoms with E-state index in [1.54, 1.807) is 0 Å². The maximum absolute atomic E-state index is 13.7. The number of halogens is 2. The second-order valence-corrected chi connectivity index (χ2v) is 9.93. The molecule has 3 unspecified atom stereocenters. The first kappa shape index (κ1) is 26.0. The molecule has 36 heavy (non-hydrogen) atoms. The molecule has 0 aromatic heterocycles. The molecule has 11 nitrogen and oxygen atoms in total. The van der Waals surface area contributed by atoms with Crippen LogP contribution in [0.25, 0.3) is 5.76 Å². The number of hydrogen-bond acceptors (Lipinski definition) is 9. The predicted molar refractivity (Wildman–Crippen MR) is 129 cm³/mol. The highest BCUT2D eigenvalue weighted by molar-refractivity contribution is 6.35. The van der Waals surface area contributed by atoms with Crippen molar-refractivity contribution in [2.75, 3.05) is 25.3 Å². The molecule has 1 saturated carbocycles. The van der Waals surface area contributed by atoms with Gasteiger partial charge >= 0.3 is 0 Å². The summed E-state index contributed by atoms with van der Waals surface area (Å²) in [4.78, 5) is 52.0. The number of primary amides is 1. The number of alkyl halides is 1. The number of fused-ring (bicyclic) bond motifs is 3. The summed E-state index contributed by atoms with van der Waals surface area (Å²) < 4.78 is 0. The number of Topliss-reactive ketones (excluding diaryl/α,β-unsaturated/α-hetero) is 2. The molecule has 3 aliphatic rings. The van der Waals surface area contributed by atoms with E-state index in [2.05, 4.69) is 5.32 Å². The first-order valence-corrected chi connectivity index (χ1v) is 11.7. The Balaban J connectivity index is 1.94. The molecule has 1 fully saturated rings. The Kier molecular flexibility index (Phi) is 6.32. The van der Waals surface area contributed by atoms with Gasteiger partial charge in [-0.3, -0.25) is 24.1 Å². The number of aliphatic hydroxyl groups is 3. The van der Waals surface area contributed by atoms with Crippen molar-refractivity contribution in [3.8, 4) is 5.75 Å². The molecule has 0 saturated heterocycles. The number of phenols is 1. The molecule has 0 heterocycles. The average molecular weight is 540 g/mol. The summed E-state index contributed by atoms with van der Waals surface area (Å²) in [6, 6.07) is 0.240. The molecule has 3 aliphatic carbocycles. The van der Waals surface area contributed by atoms with Gasteiger partial charge in [0.25, 0.3) is 5.91 Å². The highest BCUT2D eigenvalue weighted by Crippen LogP contribution is 2.54. The lowest BCUT2D eigenvalue weighted by Gasteiger charge is -2.50. The first-order valence-electron chi connectivity index (χ1n) is 10.8. The molecule has 0 spiro atoms. The Labute approximate surface area is 214 Å². The molecule has 192 valence electrons. The van der Waals surface area contributed by atoms with Gasteiger partial charge in [-0.15, -0.1) is 11.6 Å². The van der Waals surface area contributed by atoms with E-state index in [-0.39, 0.29) is 34.7 Å². The maximum Gasteiger partial charge on any atom is 0.255 e. The van der Waals surface area contributed by atoms with Crippen LogP contribution in [-0.2, 0) is 25.6 Å². The number of amides is 2. The molecular weight excluding hydrogens is 517 g/mol. The normalized spacial score (nSPS) is 27.6. The topological polar surface area (TPSA) is 190 Å². The molecule has 4 atom stereocenters. The van der Waals surface area contributed by atoms with Gasteiger partial charge in [0.05, 0.1) is 16.6 Å². The van der Waals surface area contributed by atoms with Crippen LogP contribution in [0.4, 0.5) is 5.69 Å². The lowest BCUT2D eigenvalue weighted by molar-refractivity contribution is -0.153. The van der Waals surface area contributed by atoms with Crippen LogP contribution in [0.2, 0.25) is 5.02 Å². The fraction of sp³-hybridized carbons (Fsp3) is 0.391. The summed E-state index contributed by atoms with van der Waals surface area (Å²) in [5.74, 6) is -8.80. The van der Waals surface area contributed by atoms with Crippen molar-refractivity contribution < 1.29 is 39.6 Å². The predicted octanol–water partition coefficient (Wildman–Crippen LogP) is 0.795. The molecule has 2 amide bonds. The SMILES string of the molecule is CN(C)[C@@H]1C(=O)C(C(N)=O)=C(O)C2(O)C(=O)C3=C(O)c4c(cc(Cl)c(NC(=O)CCl)c4O)CC3CC12. The Morgan fingerprint density at radius 2 is 1.89 bits per heavy atom. The molecular formula is C23H23Cl2N3O8. The Morgan fingerprint density at radius 1 is 1.25 bits per heavy atom. The summed E-state index contributed by atoms with van der Waals surface area (Å²) in [6.07, 6.45) is 0.0282. The first-order chi connectivity index (χ1) is 16.8. The number of benzene rings is 1. The number of nitrogens with two attached hydrogens (primary N) is 1. The molecule has 1 aromatic carbocycles. The van der Waals surface area contributed by atoms with Crippen LogP contribution >= 0.6 is 23.2 Å². The van der Waals surface area contributed by atoms with Crippen LogP contribution in [0, 0.1) is 11.8 Å². The van der Waals surface area contributed by atoms with Crippen LogP contribution in [0.15, 0.2) is 23.0 Å². The van der Waals surface area contributed by atoms with Crippen LogP contribution in [-0.4, -0.2) is 80.3 Å². The van der Waals surface area contributed by atoms with Gasteiger partial charge in [0.1, 0.15) is 28.7 Å². The van der Waals surface area contributed by atoms with E-state index in [9.17, 15) is 39.6 Å². The van der Waals surface area contributed by atoms with Crippen LogP contribution in [0.5, 0.6) is 5.75 Å². The van der Waals surface area contributed by atoms with Gasteiger partial charge < -0.3 is 31.5 Å². The van der Waals surface area contributed by atoms with Gasteiger partial charge in [-0.25, -0.2) is 0 Å². The van der Waals surface area contributed by atoms with Crippen molar-refractivity contribution >= 4 is 58.0 Å². The lowest BCUT2D eigenvalue weighted by atomic mass is 9.57. The average Bonchev–Trinajstić information content (AvgIpc) is 2.78. The Bertz CT molecular complexity index is 1300. The summed E-state index contributed by atoms with van der Waals surface area (Å²) in [5, 5.41) is 46.6. The Morgan fingerprint density at radius 3 is 2.44 bits per heavy atom. The summed E-state index contributed by atoms with van der Waals surface area (Å²) >= 11 is 11.7. The minimum absolute atomic E-state index is 0.0368. The zero-order valence-electron chi connectivity index (χ0n) is 19.1. The van der Waals surface area contributed by atoms with Crippen molar-refractivity contribution in [3.05, 3.63) is 39.1 Å². The third kappa shape index (κ3) is 3.49. The van der Waals surface area contributed by atoms with Crippen molar-refractivity contribution in [2.45, 2.75) is 24.5 Å². The van der Waals surface area contributed by atoms with E-state index in [0.717, 1.165) is 0 Å². The number of hydrogen-bond donors (Lipinski definition) is 6. The smallest absolute Gasteiger partial charge is 0.255 e. The van der Waals surface area contributed by atoms with Crippen molar-refractivity contribution in [3.63, 3.8) is 0 Å². The van der Waals surface area contributed by atoms with Crippen molar-refractivity contribution in [1.82, 2.24) is 4.90 Å². The van der Waals surface area contributed by atoms with Crippen molar-refractivity contribution in [1.29, 1.82) is 0 Å². The zero-order valence-corrected chi connectivity index (χ0v) is 20.6. The van der Waals surface area contributed by atoms with E-state index < -0.39 is 75.6 Å². The molecule has 13 heteroatoms. The summed E-state index contributed by atoms with van der Waals surface area (Å²) in [7, 11) is 3.03. The van der Waals surface area contributed by atoms with Gasteiger partial charge in [0.15, 0.2) is 17.1 Å². The molecule has 0 bridgehead atoms.